The molecule has 1 aromatic heterocycles. The average molecular weight is 359 g/mol. The highest BCUT2D eigenvalue weighted by molar-refractivity contribution is 6.36. The Morgan fingerprint density at radius 2 is 1.75 bits per heavy atom. The molecule has 1 heterocycles. The number of halogens is 2. The van der Waals surface area contributed by atoms with E-state index in [0.717, 1.165) is 5.56 Å². The number of nitrogens with one attached hydrogen (secondary N) is 2. The van der Waals surface area contributed by atoms with Crippen LogP contribution in [0.5, 0.6) is 0 Å². The highest BCUT2D eigenvalue weighted by atomic mass is 35.5. The van der Waals surface area contributed by atoms with Crippen molar-refractivity contribution in [2.24, 2.45) is 0 Å². The molecular formula is C18H12Cl2N2O2. The molecule has 2 aromatic carbocycles. The van der Waals surface area contributed by atoms with Crippen molar-refractivity contribution in [1.29, 1.82) is 0 Å². The highest BCUT2D eigenvalue weighted by Crippen LogP contribution is 2.27. The lowest BCUT2D eigenvalue weighted by molar-refractivity contribution is 0.102. The first-order valence-electron chi connectivity index (χ1n) is 7.10. The Labute approximate surface area is 148 Å². The van der Waals surface area contributed by atoms with E-state index in [4.69, 9.17) is 23.2 Å². The lowest BCUT2D eigenvalue weighted by Crippen LogP contribution is -2.24. The van der Waals surface area contributed by atoms with Crippen LogP contribution in [0.1, 0.15) is 10.4 Å². The summed E-state index contributed by atoms with van der Waals surface area (Å²) in [5, 5.41) is 3.41. The molecule has 2 N–H and O–H groups in total. The number of benzene rings is 2. The third-order valence-electron chi connectivity index (χ3n) is 3.45. The maximum Gasteiger partial charge on any atom is 0.261 e. The normalized spacial score (nSPS) is 10.4. The standard InChI is InChI=1S/C18H12Cl2N2O2/c19-12-6-7-14(20)15(10-12)22-18(24)16-13(8-9-21-17(16)23)11-4-2-1-3-5-11/h1-10H,(H,21,23)(H,22,24). The number of H-pyrrole nitrogens is 1. The van der Waals surface area contributed by atoms with Gasteiger partial charge < -0.3 is 10.3 Å². The molecule has 0 aliphatic heterocycles. The topological polar surface area (TPSA) is 62.0 Å². The number of hydrogen-bond acceptors (Lipinski definition) is 2. The molecule has 0 saturated heterocycles. The van der Waals surface area contributed by atoms with Crippen molar-refractivity contribution >= 4 is 34.8 Å². The van der Waals surface area contributed by atoms with E-state index in [1.165, 1.54) is 12.3 Å². The molecule has 0 saturated carbocycles. The van der Waals surface area contributed by atoms with Crippen LogP contribution < -0.4 is 10.9 Å². The first-order chi connectivity index (χ1) is 11.6. The molecule has 0 fully saturated rings. The van der Waals surface area contributed by atoms with E-state index in [1.807, 2.05) is 30.3 Å². The van der Waals surface area contributed by atoms with Gasteiger partial charge in [-0.3, -0.25) is 9.59 Å². The maximum absolute atomic E-state index is 12.7. The molecule has 0 atom stereocenters. The second-order valence-corrected chi connectivity index (χ2v) is 5.88. The van der Waals surface area contributed by atoms with Crippen molar-refractivity contribution in [3.05, 3.63) is 86.8 Å². The first kappa shape index (κ1) is 16.3. The maximum atomic E-state index is 12.7. The van der Waals surface area contributed by atoms with Gasteiger partial charge in [-0.1, -0.05) is 53.5 Å². The molecule has 1 amide bonds. The van der Waals surface area contributed by atoms with Crippen molar-refractivity contribution in [1.82, 2.24) is 4.98 Å². The van der Waals surface area contributed by atoms with Gasteiger partial charge >= 0.3 is 0 Å². The van der Waals surface area contributed by atoms with Crippen LogP contribution in [0.15, 0.2) is 65.6 Å². The number of carbonyl (C=O) groups excluding carboxylic acids is 1. The summed E-state index contributed by atoms with van der Waals surface area (Å²) in [5.41, 5.74) is 1.18. The van der Waals surface area contributed by atoms with E-state index in [2.05, 4.69) is 10.3 Å². The van der Waals surface area contributed by atoms with E-state index < -0.39 is 11.5 Å². The zero-order valence-corrected chi connectivity index (χ0v) is 13.9. The molecule has 3 rings (SSSR count). The lowest BCUT2D eigenvalue weighted by atomic mass is 10.0. The van der Waals surface area contributed by atoms with Crippen molar-refractivity contribution in [3.63, 3.8) is 0 Å². The molecule has 0 aliphatic rings. The molecule has 24 heavy (non-hydrogen) atoms. The molecular weight excluding hydrogens is 347 g/mol. The summed E-state index contributed by atoms with van der Waals surface area (Å²) in [5.74, 6) is -0.556. The van der Waals surface area contributed by atoms with Crippen LogP contribution in [0.2, 0.25) is 10.0 Å². The van der Waals surface area contributed by atoms with Crippen molar-refractivity contribution in [2.75, 3.05) is 5.32 Å². The Morgan fingerprint density at radius 3 is 2.50 bits per heavy atom. The quantitative estimate of drug-likeness (QED) is 0.718. The van der Waals surface area contributed by atoms with E-state index in [-0.39, 0.29) is 5.56 Å². The number of pyridine rings is 1. The van der Waals surface area contributed by atoms with Crippen LogP contribution in [0.25, 0.3) is 11.1 Å². The van der Waals surface area contributed by atoms with Crippen LogP contribution in [0.3, 0.4) is 0 Å². The van der Waals surface area contributed by atoms with Gasteiger partial charge in [0.05, 0.1) is 10.7 Å². The lowest BCUT2D eigenvalue weighted by Gasteiger charge is -2.11. The van der Waals surface area contributed by atoms with Crippen LogP contribution in [-0.4, -0.2) is 10.9 Å². The van der Waals surface area contributed by atoms with E-state index >= 15 is 0 Å². The van der Waals surface area contributed by atoms with Crippen LogP contribution in [-0.2, 0) is 0 Å². The Bertz CT molecular complexity index is 953. The minimum Gasteiger partial charge on any atom is -0.328 e. The summed E-state index contributed by atoms with van der Waals surface area (Å²) < 4.78 is 0. The van der Waals surface area contributed by atoms with Crippen LogP contribution in [0.4, 0.5) is 5.69 Å². The smallest absolute Gasteiger partial charge is 0.261 e. The molecule has 120 valence electrons. The Morgan fingerprint density at radius 1 is 1.00 bits per heavy atom. The molecule has 4 nitrogen and oxygen atoms in total. The number of rotatable bonds is 3. The van der Waals surface area contributed by atoms with Crippen molar-refractivity contribution in [2.45, 2.75) is 0 Å². The van der Waals surface area contributed by atoms with Gasteiger partial charge in [0.25, 0.3) is 11.5 Å². The number of anilines is 1. The van der Waals surface area contributed by atoms with Gasteiger partial charge in [0.2, 0.25) is 0 Å². The third kappa shape index (κ3) is 3.35. The molecule has 0 aliphatic carbocycles. The summed E-state index contributed by atoms with van der Waals surface area (Å²) in [6.07, 6.45) is 1.51. The fraction of sp³-hybridized carbons (Fsp3) is 0. The summed E-state index contributed by atoms with van der Waals surface area (Å²) in [6.45, 7) is 0. The van der Waals surface area contributed by atoms with Crippen LogP contribution >= 0.6 is 23.2 Å². The molecule has 6 heteroatoms. The van der Waals surface area contributed by atoms with Crippen LogP contribution in [0, 0.1) is 0 Å². The average Bonchev–Trinajstić information content (AvgIpc) is 2.58. The molecule has 3 aromatic rings. The second kappa shape index (κ2) is 6.91. The number of aromatic amines is 1. The van der Waals surface area contributed by atoms with E-state index in [9.17, 15) is 9.59 Å². The van der Waals surface area contributed by atoms with Gasteiger partial charge in [0.15, 0.2) is 0 Å². The zero-order chi connectivity index (χ0) is 17.1. The monoisotopic (exact) mass is 358 g/mol. The number of hydrogen-bond donors (Lipinski definition) is 2. The molecule has 0 unspecified atom stereocenters. The fourth-order valence-corrected chi connectivity index (χ4v) is 2.68. The molecule has 0 bridgehead atoms. The molecule has 0 radical (unpaired) electrons. The zero-order valence-electron chi connectivity index (χ0n) is 12.3. The summed E-state index contributed by atoms with van der Waals surface area (Å²) in [7, 11) is 0. The van der Waals surface area contributed by atoms with Crippen molar-refractivity contribution < 1.29 is 4.79 Å². The minimum atomic E-state index is -0.556. The predicted molar refractivity (Wildman–Crippen MR) is 96.9 cm³/mol. The molecule has 0 spiro atoms. The Kier molecular flexibility index (Phi) is 4.69. The van der Waals surface area contributed by atoms with Gasteiger partial charge in [-0.2, -0.15) is 0 Å². The highest BCUT2D eigenvalue weighted by Gasteiger charge is 2.18. The number of aromatic nitrogens is 1. The predicted octanol–water partition coefficient (Wildman–Crippen LogP) is 4.60. The van der Waals surface area contributed by atoms with E-state index in [1.54, 1.807) is 18.2 Å². The minimum absolute atomic E-state index is 0.0137. The first-order valence-corrected chi connectivity index (χ1v) is 7.85. The van der Waals surface area contributed by atoms with Crippen molar-refractivity contribution in [3.8, 4) is 11.1 Å². The van der Waals surface area contributed by atoms with Gasteiger partial charge in [-0.25, -0.2) is 0 Å². The van der Waals surface area contributed by atoms with Gasteiger partial charge in [0.1, 0.15) is 5.56 Å². The van der Waals surface area contributed by atoms with Gasteiger partial charge in [0, 0.05) is 16.8 Å². The summed E-state index contributed by atoms with van der Waals surface area (Å²) >= 11 is 12.0. The van der Waals surface area contributed by atoms with Gasteiger partial charge in [-0.15, -0.1) is 0 Å². The Balaban J connectivity index is 2.05. The Hall–Kier alpha value is -2.56. The summed E-state index contributed by atoms with van der Waals surface area (Å²) in [4.78, 5) is 27.4. The largest absolute Gasteiger partial charge is 0.328 e. The number of carbonyl (C=O) groups is 1. The number of amides is 1. The summed E-state index contributed by atoms with van der Waals surface area (Å²) in [6, 6.07) is 15.6. The van der Waals surface area contributed by atoms with E-state index in [0.29, 0.717) is 21.3 Å². The third-order valence-corrected chi connectivity index (χ3v) is 4.01. The SMILES string of the molecule is O=C(Nc1cc(Cl)ccc1Cl)c1c(-c2ccccc2)cc[nH]c1=O. The van der Waals surface area contributed by atoms with Gasteiger partial charge in [-0.05, 0) is 29.8 Å². The second-order valence-electron chi connectivity index (χ2n) is 5.04. The fourth-order valence-electron chi connectivity index (χ4n) is 2.34.